The van der Waals surface area contributed by atoms with Crippen molar-refractivity contribution in [1.82, 2.24) is 20.0 Å². The Labute approximate surface area is 132 Å². The van der Waals surface area contributed by atoms with E-state index in [4.69, 9.17) is 4.74 Å². The Balaban J connectivity index is 1.72. The number of hydrogen-bond donors (Lipinski definition) is 1. The first-order valence-corrected chi connectivity index (χ1v) is 8.05. The van der Waals surface area contributed by atoms with Crippen LogP contribution in [0, 0.1) is 0 Å². The van der Waals surface area contributed by atoms with Gasteiger partial charge < -0.3 is 24.8 Å². The average molecular weight is 312 g/mol. The molecule has 0 bridgehead atoms. The SMILES string of the molecule is CC(=O)N1CCN(C(=O)[C@H](C)NC[C@@H]2CN(C)CCO2)CC1. The van der Waals surface area contributed by atoms with Gasteiger partial charge in [-0.2, -0.15) is 0 Å². The highest BCUT2D eigenvalue weighted by Gasteiger charge is 2.26. The molecule has 2 heterocycles. The summed E-state index contributed by atoms with van der Waals surface area (Å²) < 4.78 is 5.69. The lowest BCUT2D eigenvalue weighted by Crippen LogP contribution is -2.55. The number of carbonyl (C=O) groups excluding carboxylic acids is 2. The van der Waals surface area contributed by atoms with E-state index in [0.717, 1.165) is 19.7 Å². The first kappa shape index (κ1) is 17.2. The molecule has 0 saturated carbocycles. The van der Waals surface area contributed by atoms with Crippen LogP contribution in [0.2, 0.25) is 0 Å². The van der Waals surface area contributed by atoms with E-state index in [1.807, 2.05) is 11.8 Å². The molecule has 2 rings (SSSR count). The van der Waals surface area contributed by atoms with Crippen molar-refractivity contribution in [3.8, 4) is 0 Å². The second-order valence-electron chi connectivity index (χ2n) is 6.22. The number of nitrogens with one attached hydrogen (secondary N) is 1. The Hall–Kier alpha value is -1.18. The Kier molecular flexibility index (Phi) is 6.16. The highest BCUT2D eigenvalue weighted by Crippen LogP contribution is 2.06. The summed E-state index contributed by atoms with van der Waals surface area (Å²) in [5.41, 5.74) is 0. The molecular weight excluding hydrogens is 284 g/mol. The number of rotatable bonds is 4. The Morgan fingerprint density at radius 3 is 2.41 bits per heavy atom. The maximum Gasteiger partial charge on any atom is 0.239 e. The number of hydrogen-bond acceptors (Lipinski definition) is 5. The van der Waals surface area contributed by atoms with Crippen molar-refractivity contribution in [2.45, 2.75) is 26.0 Å². The second kappa shape index (κ2) is 7.89. The zero-order valence-electron chi connectivity index (χ0n) is 13.9. The van der Waals surface area contributed by atoms with E-state index in [2.05, 4.69) is 17.3 Å². The molecule has 7 heteroatoms. The van der Waals surface area contributed by atoms with Gasteiger partial charge in [0.25, 0.3) is 0 Å². The molecule has 2 atom stereocenters. The zero-order valence-corrected chi connectivity index (χ0v) is 13.9. The smallest absolute Gasteiger partial charge is 0.239 e. The molecule has 0 radical (unpaired) electrons. The van der Waals surface area contributed by atoms with Gasteiger partial charge in [0.2, 0.25) is 11.8 Å². The molecule has 2 saturated heterocycles. The van der Waals surface area contributed by atoms with E-state index in [1.54, 1.807) is 11.8 Å². The predicted octanol–water partition coefficient (Wildman–Crippen LogP) is -1.01. The molecule has 0 aromatic rings. The molecule has 0 aromatic carbocycles. The summed E-state index contributed by atoms with van der Waals surface area (Å²) in [6, 6.07) is -0.222. The molecule has 126 valence electrons. The lowest BCUT2D eigenvalue weighted by Gasteiger charge is -2.36. The molecule has 2 aliphatic heterocycles. The van der Waals surface area contributed by atoms with Gasteiger partial charge in [-0.25, -0.2) is 0 Å². The van der Waals surface area contributed by atoms with E-state index < -0.39 is 0 Å². The van der Waals surface area contributed by atoms with Crippen molar-refractivity contribution in [2.75, 3.05) is 59.5 Å². The predicted molar refractivity (Wildman–Crippen MR) is 83.5 cm³/mol. The van der Waals surface area contributed by atoms with Gasteiger partial charge in [0.05, 0.1) is 18.8 Å². The largest absolute Gasteiger partial charge is 0.374 e. The minimum atomic E-state index is -0.222. The van der Waals surface area contributed by atoms with E-state index in [-0.39, 0.29) is 24.0 Å². The number of ether oxygens (including phenoxy) is 1. The minimum Gasteiger partial charge on any atom is -0.374 e. The minimum absolute atomic E-state index is 0.0804. The fourth-order valence-electron chi connectivity index (χ4n) is 2.90. The van der Waals surface area contributed by atoms with Crippen LogP contribution in [0.4, 0.5) is 0 Å². The van der Waals surface area contributed by atoms with Crippen LogP contribution in [-0.4, -0.2) is 98.1 Å². The first-order valence-electron chi connectivity index (χ1n) is 8.05. The van der Waals surface area contributed by atoms with Crippen LogP contribution in [-0.2, 0) is 14.3 Å². The van der Waals surface area contributed by atoms with Crippen LogP contribution >= 0.6 is 0 Å². The lowest BCUT2D eigenvalue weighted by molar-refractivity contribution is -0.139. The van der Waals surface area contributed by atoms with E-state index in [0.29, 0.717) is 32.7 Å². The van der Waals surface area contributed by atoms with Crippen molar-refractivity contribution in [2.24, 2.45) is 0 Å². The summed E-state index contributed by atoms with van der Waals surface area (Å²) in [7, 11) is 2.08. The second-order valence-corrected chi connectivity index (χ2v) is 6.22. The van der Waals surface area contributed by atoms with Gasteiger partial charge in [-0.15, -0.1) is 0 Å². The van der Waals surface area contributed by atoms with Gasteiger partial charge in [-0.1, -0.05) is 0 Å². The summed E-state index contributed by atoms with van der Waals surface area (Å²) in [4.78, 5) is 29.6. The van der Waals surface area contributed by atoms with Crippen molar-refractivity contribution < 1.29 is 14.3 Å². The highest BCUT2D eigenvalue weighted by atomic mass is 16.5. The van der Waals surface area contributed by atoms with Crippen LogP contribution in [0.1, 0.15) is 13.8 Å². The third-order valence-corrected chi connectivity index (χ3v) is 4.40. The molecule has 0 aromatic heterocycles. The fourth-order valence-corrected chi connectivity index (χ4v) is 2.90. The van der Waals surface area contributed by atoms with Crippen molar-refractivity contribution in [3.05, 3.63) is 0 Å². The Morgan fingerprint density at radius 2 is 1.82 bits per heavy atom. The quantitative estimate of drug-likeness (QED) is 0.720. The fraction of sp³-hybridized carbons (Fsp3) is 0.867. The van der Waals surface area contributed by atoms with E-state index in [1.165, 1.54) is 0 Å². The molecule has 1 N–H and O–H groups in total. The zero-order chi connectivity index (χ0) is 16.1. The summed E-state index contributed by atoms with van der Waals surface area (Å²) >= 11 is 0. The highest BCUT2D eigenvalue weighted by molar-refractivity contribution is 5.82. The van der Waals surface area contributed by atoms with Gasteiger partial charge in [0.1, 0.15) is 0 Å². The monoisotopic (exact) mass is 312 g/mol. The molecule has 7 nitrogen and oxygen atoms in total. The topological polar surface area (TPSA) is 65.1 Å². The maximum atomic E-state index is 12.4. The van der Waals surface area contributed by atoms with Gasteiger partial charge in [0, 0.05) is 52.7 Å². The van der Waals surface area contributed by atoms with Crippen LogP contribution in [0.25, 0.3) is 0 Å². The number of morpholine rings is 1. The van der Waals surface area contributed by atoms with Crippen LogP contribution in [0.15, 0.2) is 0 Å². The van der Waals surface area contributed by atoms with Gasteiger partial charge in [-0.3, -0.25) is 9.59 Å². The lowest BCUT2D eigenvalue weighted by atomic mass is 10.2. The molecule has 22 heavy (non-hydrogen) atoms. The first-order chi connectivity index (χ1) is 10.5. The van der Waals surface area contributed by atoms with Gasteiger partial charge in [-0.05, 0) is 14.0 Å². The molecule has 0 unspecified atom stereocenters. The molecule has 2 fully saturated rings. The summed E-state index contributed by atoms with van der Waals surface area (Å²) in [5, 5.41) is 3.28. The van der Waals surface area contributed by atoms with Gasteiger partial charge in [0.15, 0.2) is 0 Å². The maximum absolute atomic E-state index is 12.4. The Morgan fingerprint density at radius 1 is 1.18 bits per heavy atom. The van der Waals surface area contributed by atoms with Crippen LogP contribution < -0.4 is 5.32 Å². The van der Waals surface area contributed by atoms with Crippen molar-refractivity contribution >= 4 is 11.8 Å². The van der Waals surface area contributed by atoms with Gasteiger partial charge >= 0.3 is 0 Å². The normalized spacial score (nSPS) is 25.1. The third-order valence-electron chi connectivity index (χ3n) is 4.40. The number of carbonyl (C=O) groups is 2. The number of likely N-dealkylation sites (N-methyl/N-ethyl adjacent to an activating group) is 1. The number of nitrogens with zero attached hydrogens (tertiary/aromatic N) is 3. The van der Waals surface area contributed by atoms with E-state index in [9.17, 15) is 9.59 Å². The van der Waals surface area contributed by atoms with Crippen molar-refractivity contribution in [1.29, 1.82) is 0 Å². The molecule has 2 aliphatic rings. The van der Waals surface area contributed by atoms with Crippen LogP contribution in [0.3, 0.4) is 0 Å². The molecular formula is C15H28N4O3. The van der Waals surface area contributed by atoms with E-state index >= 15 is 0 Å². The van der Waals surface area contributed by atoms with Crippen LogP contribution in [0.5, 0.6) is 0 Å². The molecule has 0 spiro atoms. The standard InChI is InChI=1S/C15H28N4O3/c1-12(16-10-14-11-17(3)8-9-22-14)15(21)19-6-4-18(5-7-19)13(2)20/h12,14,16H,4-11H2,1-3H3/t12-,14+/m0/s1. The van der Waals surface area contributed by atoms with Crippen molar-refractivity contribution in [3.63, 3.8) is 0 Å². The number of amides is 2. The molecule has 2 amide bonds. The summed E-state index contributed by atoms with van der Waals surface area (Å²) in [6.45, 7) is 9.25. The summed E-state index contributed by atoms with van der Waals surface area (Å²) in [5.74, 6) is 0.184. The Bertz CT molecular complexity index is 396. The average Bonchev–Trinajstić information content (AvgIpc) is 2.52. The third kappa shape index (κ3) is 4.66. The molecule has 0 aliphatic carbocycles. The number of piperazine rings is 1. The summed E-state index contributed by atoms with van der Waals surface area (Å²) in [6.07, 6.45) is 0.142.